The summed E-state index contributed by atoms with van der Waals surface area (Å²) >= 11 is 0. The van der Waals surface area contributed by atoms with Crippen molar-refractivity contribution < 1.29 is 4.39 Å². The van der Waals surface area contributed by atoms with Crippen LogP contribution in [0.5, 0.6) is 0 Å². The van der Waals surface area contributed by atoms with E-state index in [1.54, 1.807) is 18.3 Å². The zero-order chi connectivity index (χ0) is 14.7. The first-order valence-corrected chi connectivity index (χ1v) is 6.53. The number of nitriles is 1. The Morgan fingerprint density at radius 2 is 2.10 bits per heavy atom. The molecule has 1 N–H and O–H groups in total. The van der Waals surface area contributed by atoms with Gasteiger partial charge in [0.2, 0.25) is 0 Å². The van der Waals surface area contributed by atoms with Gasteiger partial charge in [-0.2, -0.15) is 5.26 Å². The van der Waals surface area contributed by atoms with E-state index in [0.717, 1.165) is 22.0 Å². The topological polar surface area (TPSA) is 48.7 Å². The van der Waals surface area contributed by atoms with E-state index in [1.165, 1.54) is 6.07 Å². The summed E-state index contributed by atoms with van der Waals surface area (Å²) in [4.78, 5) is 4.13. The molecule has 1 aromatic heterocycles. The van der Waals surface area contributed by atoms with E-state index < -0.39 is 5.82 Å². The maximum absolute atomic E-state index is 13.3. The molecule has 0 unspecified atom stereocenters. The first-order valence-electron chi connectivity index (χ1n) is 6.53. The van der Waals surface area contributed by atoms with Gasteiger partial charge in [0.05, 0.1) is 5.56 Å². The molecule has 21 heavy (non-hydrogen) atoms. The SMILES string of the molecule is N#Cc1cc(CNc2cccc3ccncc23)ccc1F. The summed E-state index contributed by atoms with van der Waals surface area (Å²) in [7, 11) is 0. The van der Waals surface area contributed by atoms with Gasteiger partial charge in [0.25, 0.3) is 0 Å². The lowest BCUT2D eigenvalue weighted by atomic mass is 10.1. The lowest BCUT2D eigenvalue weighted by Crippen LogP contribution is -2.01. The number of fused-ring (bicyclic) bond motifs is 1. The summed E-state index contributed by atoms with van der Waals surface area (Å²) in [6.45, 7) is 0.517. The summed E-state index contributed by atoms with van der Waals surface area (Å²) in [5.74, 6) is -0.490. The molecule has 3 aromatic rings. The molecule has 0 bridgehead atoms. The van der Waals surface area contributed by atoms with Crippen molar-refractivity contribution in [3.63, 3.8) is 0 Å². The Bertz CT molecular complexity index is 832. The van der Waals surface area contributed by atoms with Gasteiger partial charge in [-0.25, -0.2) is 4.39 Å². The first-order chi connectivity index (χ1) is 10.3. The summed E-state index contributed by atoms with van der Waals surface area (Å²) in [5.41, 5.74) is 1.88. The van der Waals surface area contributed by atoms with Crippen molar-refractivity contribution in [1.29, 1.82) is 5.26 Å². The Morgan fingerprint density at radius 1 is 1.19 bits per heavy atom. The Hall–Kier alpha value is -2.93. The lowest BCUT2D eigenvalue weighted by Gasteiger charge is -2.10. The summed E-state index contributed by atoms with van der Waals surface area (Å²) in [6, 6.07) is 14.3. The van der Waals surface area contributed by atoms with E-state index in [-0.39, 0.29) is 5.56 Å². The fourth-order valence-electron chi connectivity index (χ4n) is 2.23. The highest BCUT2D eigenvalue weighted by Gasteiger charge is 2.04. The molecule has 2 aromatic carbocycles. The quantitative estimate of drug-likeness (QED) is 0.791. The maximum atomic E-state index is 13.3. The molecule has 0 aliphatic rings. The number of halogens is 1. The summed E-state index contributed by atoms with van der Waals surface area (Å²) in [5, 5.41) is 14.3. The molecule has 3 nitrogen and oxygen atoms in total. The second-order valence-electron chi connectivity index (χ2n) is 4.68. The normalized spacial score (nSPS) is 10.3. The van der Waals surface area contributed by atoms with Crippen LogP contribution in [0, 0.1) is 17.1 Å². The number of aromatic nitrogens is 1. The summed E-state index contributed by atoms with van der Waals surface area (Å²) < 4.78 is 13.3. The fourth-order valence-corrected chi connectivity index (χ4v) is 2.23. The number of benzene rings is 2. The zero-order valence-electron chi connectivity index (χ0n) is 11.2. The highest BCUT2D eigenvalue weighted by molar-refractivity contribution is 5.93. The first kappa shape index (κ1) is 13.1. The van der Waals surface area contributed by atoms with Gasteiger partial charge in [-0.15, -0.1) is 0 Å². The van der Waals surface area contributed by atoms with Crippen molar-refractivity contribution in [2.75, 3.05) is 5.32 Å². The van der Waals surface area contributed by atoms with Crippen LogP contribution in [0.25, 0.3) is 10.8 Å². The van der Waals surface area contributed by atoms with Gasteiger partial charge < -0.3 is 5.32 Å². The van der Waals surface area contributed by atoms with E-state index in [4.69, 9.17) is 5.26 Å². The van der Waals surface area contributed by atoms with E-state index in [0.29, 0.717) is 6.54 Å². The Labute approximate surface area is 121 Å². The molecule has 102 valence electrons. The van der Waals surface area contributed by atoms with Crippen LogP contribution in [0.2, 0.25) is 0 Å². The van der Waals surface area contributed by atoms with Crippen molar-refractivity contribution in [3.8, 4) is 6.07 Å². The Balaban J connectivity index is 1.86. The standard InChI is InChI=1S/C17H12FN3/c18-16-5-4-12(8-14(16)9-19)10-21-17-3-1-2-13-6-7-20-11-15(13)17/h1-8,11,21H,10H2. The molecule has 0 spiro atoms. The summed E-state index contributed by atoms with van der Waals surface area (Å²) in [6.07, 6.45) is 3.56. The maximum Gasteiger partial charge on any atom is 0.140 e. The highest BCUT2D eigenvalue weighted by atomic mass is 19.1. The zero-order valence-corrected chi connectivity index (χ0v) is 11.2. The number of pyridine rings is 1. The Morgan fingerprint density at radius 3 is 2.95 bits per heavy atom. The van der Waals surface area contributed by atoms with E-state index >= 15 is 0 Å². The monoisotopic (exact) mass is 277 g/mol. The van der Waals surface area contributed by atoms with Crippen LogP contribution in [0.15, 0.2) is 54.9 Å². The van der Waals surface area contributed by atoms with Crippen LogP contribution < -0.4 is 5.32 Å². The number of anilines is 1. The number of nitrogens with zero attached hydrogens (tertiary/aromatic N) is 2. The third kappa shape index (κ3) is 2.67. The minimum Gasteiger partial charge on any atom is -0.380 e. The van der Waals surface area contributed by atoms with Crippen LogP contribution in [-0.4, -0.2) is 4.98 Å². The second kappa shape index (κ2) is 5.59. The van der Waals surface area contributed by atoms with Gasteiger partial charge in [0.1, 0.15) is 11.9 Å². The van der Waals surface area contributed by atoms with Crippen LogP contribution in [0.1, 0.15) is 11.1 Å². The van der Waals surface area contributed by atoms with Gasteiger partial charge in [-0.05, 0) is 35.2 Å². The van der Waals surface area contributed by atoms with E-state index in [9.17, 15) is 4.39 Å². The van der Waals surface area contributed by atoms with Gasteiger partial charge in [0.15, 0.2) is 0 Å². The van der Waals surface area contributed by atoms with E-state index in [2.05, 4.69) is 10.3 Å². The van der Waals surface area contributed by atoms with Gasteiger partial charge >= 0.3 is 0 Å². The molecular weight excluding hydrogens is 265 g/mol. The molecule has 0 saturated heterocycles. The molecule has 0 atom stereocenters. The number of nitrogens with one attached hydrogen (secondary N) is 1. The molecular formula is C17H12FN3. The average molecular weight is 277 g/mol. The minimum absolute atomic E-state index is 0.0638. The third-order valence-corrected chi connectivity index (χ3v) is 3.32. The Kier molecular flexibility index (Phi) is 3.48. The van der Waals surface area contributed by atoms with Crippen molar-refractivity contribution in [3.05, 3.63) is 71.8 Å². The molecule has 3 rings (SSSR count). The molecule has 0 radical (unpaired) electrons. The van der Waals surface area contributed by atoms with Gasteiger partial charge in [-0.3, -0.25) is 4.98 Å². The predicted molar refractivity (Wildman–Crippen MR) is 80.2 cm³/mol. The van der Waals surface area contributed by atoms with Crippen LogP contribution >= 0.6 is 0 Å². The molecule has 0 fully saturated rings. The van der Waals surface area contributed by atoms with Crippen molar-refractivity contribution in [2.45, 2.75) is 6.54 Å². The van der Waals surface area contributed by atoms with E-state index in [1.807, 2.05) is 36.5 Å². The largest absolute Gasteiger partial charge is 0.380 e. The van der Waals surface area contributed by atoms with Crippen LogP contribution in [-0.2, 0) is 6.54 Å². The van der Waals surface area contributed by atoms with Crippen molar-refractivity contribution in [1.82, 2.24) is 4.98 Å². The molecule has 0 aliphatic heterocycles. The lowest BCUT2D eigenvalue weighted by molar-refractivity contribution is 0.623. The van der Waals surface area contributed by atoms with Crippen molar-refractivity contribution in [2.24, 2.45) is 0 Å². The highest BCUT2D eigenvalue weighted by Crippen LogP contribution is 2.22. The second-order valence-corrected chi connectivity index (χ2v) is 4.68. The van der Waals surface area contributed by atoms with Crippen molar-refractivity contribution >= 4 is 16.5 Å². The van der Waals surface area contributed by atoms with Crippen LogP contribution in [0.3, 0.4) is 0 Å². The fraction of sp³-hybridized carbons (Fsp3) is 0.0588. The molecule has 1 heterocycles. The third-order valence-electron chi connectivity index (χ3n) is 3.32. The number of rotatable bonds is 3. The predicted octanol–water partition coefficient (Wildman–Crippen LogP) is 3.86. The molecule has 0 saturated carbocycles. The van der Waals surface area contributed by atoms with Crippen LogP contribution in [0.4, 0.5) is 10.1 Å². The average Bonchev–Trinajstić information content (AvgIpc) is 2.54. The number of hydrogen-bond acceptors (Lipinski definition) is 3. The smallest absolute Gasteiger partial charge is 0.140 e. The van der Waals surface area contributed by atoms with Gasteiger partial charge in [-0.1, -0.05) is 18.2 Å². The molecule has 0 aliphatic carbocycles. The van der Waals surface area contributed by atoms with Gasteiger partial charge in [0, 0.05) is 30.0 Å². The molecule has 4 heteroatoms. The molecule has 0 amide bonds. The number of hydrogen-bond donors (Lipinski definition) is 1. The minimum atomic E-state index is -0.490.